The van der Waals surface area contributed by atoms with Crippen molar-refractivity contribution in [1.29, 1.82) is 0 Å². The Balaban J connectivity index is 0. The Bertz CT molecular complexity index is 316. The average molecular weight is 358 g/mol. The lowest BCUT2D eigenvalue weighted by molar-refractivity contribution is -0.118. The molecule has 0 saturated carbocycles. The van der Waals surface area contributed by atoms with Crippen molar-refractivity contribution in [1.82, 2.24) is 0 Å². The molecular formula is C12H26N2O10. The number of rotatable bonds is 10. The molecule has 8 atom stereocenters. The molecule has 0 aromatic carbocycles. The Hall–Kier alpha value is -1.06. The molecule has 0 aliphatic rings. The van der Waals surface area contributed by atoms with Crippen LogP contribution < -0.4 is 11.5 Å². The molecule has 12 N–H and O–H groups in total. The topological polar surface area (TPSA) is 248 Å². The summed E-state index contributed by atoms with van der Waals surface area (Å²) in [5, 5.41) is 70.3. The third kappa shape index (κ3) is 8.70. The monoisotopic (exact) mass is 358 g/mol. The highest BCUT2D eigenvalue weighted by molar-refractivity contribution is 5.58. The third-order valence-electron chi connectivity index (χ3n) is 2.97. The van der Waals surface area contributed by atoms with Gasteiger partial charge in [0.15, 0.2) is 0 Å². The first kappa shape index (κ1) is 25.2. The van der Waals surface area contributed by atoms with Gasteiger partial charge in [0.2, 0.25) is 0 Å². The molecule has 0 aliphatic heterocycles. The van der Waals surface area contributed by atoms with Gasteiger partial charge in [0, 0.05) is 0 Å². The van der Waals surface area contributed by atoms with Gasteiger partial charge in [-0.3, -0.25) is 0 Å². The van der Waals surface area contributed by atoms with Gasteiger partial charge in [-0.15, -0.1) is 0 Å². The summed E-state index contributed by atoms with van der Waals surface area (Å²) in [7, 11) is 0. The van der Waals surface area contributed by atoms with Crippen LogP contribution in [-0.4, -0.2) is 115 Å². The summed E-state index contributed by atoms with van der Waals surface area (Å²) in [5.41, 5.74) is 10.1. The zero-order valence-electron chi connectivity index (χ0n) is 12.7. The number of carbonyl (C=O) groups is 2. The second-order valence-electron chi connectivity index (χ2n) is 4.89. The van der Waals surface area contributed by atoms with Crippen LogP contribution in [0.15, 0.2) is 0 Å². The molecule has 0 rings (SSSR count). The summed E-state index contributed by atoms with van der Waals surface area (Å²) in [6.07, 6.45) is -8.85. The Morgan fingerprint density at radius 2 is 0.875 bits per heavy atom. The van der Waals surface area contributed by atoms with Crippen LogP contribution in [0.1, 0.15) is 0 Å². The van der Waals surface area contributed by atoms with E-state index < -0.39 is 61.9 Å². The first-order chi connectivity index (χ1) is 11.1. The van der Waals surface area contributed by atoms with E-state index in [2.05, 4.69) is 0 Å². The van der Waals surface area contributed by atoms with Gasteiger partial charge in [-0.05, 0) is 0 Å². The predicted molar refractivity (Wildman–Crippen MR) is 78.3 cm³/mol. The second-order valence-corrected chi connectivity index (χ2v) is 4.89. The van der Waals surface area contributed by atoms with Crippen LogP contribution in [0.3, 0.4) is 0 Å². The number of aliphatic hydroxyl groups is 8. The van der Waals surface area contributed by atoms with Crippen molar-refractivity contribution in [2.75, 3.05) is 13.2 Å². The van der Waals surface area contributed by atoms with Crippen LogP contribution in [0.25, 0.3) is 0 Å². The standard InChI is InChI=1S/2C6H13NO5/c2*7-3(1-8)5(11)6(12)4(10)2-9/h2*1,3-6,9-12H,2,7H2/t2*3-,4-,5-,6-/m11/s1. The van der Waals surface area contributed by atoms with E-state index in [0.717, 1.165) is 0 Å². The Kier molecular flexibility index (Phi) is 13.9. The molecule has 24 heavy (non-hydrogen) atoms. The van der Waals surface area contributed by atoms with Crippen LogP contribution in [0.5, 0.6) is 0 Å². The van der Waals surface area contributed by atoms with E-state index >= 15 is 0 Å². The van der Waals surface area contributed by atoms with E-state index in [1.165, 1.54) is 0 Å². The maximum Gasteiger partial charge on any atom is 0.139 e. The van der Waals surface area contributed by atoms with E-state index in [1.54, 1.807) is 0 Å². The molecule has 0 amide bonds. The van der Waals surface area contributed by atoms with Crippen LogP contribution in [0.4, 0.5) is 0 Å². The van der Waals surface area contributed by atoms with Crippen LogP contribution in [0.2, 0.25) is 0 Å². The Morgan fingerprint density at radius 3 is 1.04 bits per heavy atom. The molecule has 12 heteroatoms. The summed E-state index contributed by atoms with van der Waals surface area (Å²) in [4.78, 5) is 20.0. The number of aldehydes is 2. The van der Waals surface area contributed by atoms with E-state index in [-0.39, 0.29) is 12.6 Å². The molecule has 0 fully saturated rings. The van der Waals surface area contributed by atoms with E-state index in [1.807, 2.05) is 0 Å². The minimum atomic E-state index is -1.62. The molecular weight excluding hydrogens is 332 g/mol. The van der Waals surface area contributed by atoms with Gasteiger partial charge in [0.1, 0.15) is 49.2 Å². The third-order valence-corrected chi connectivity index (χ3v) is 2.97. The lowest BCUT2D eigenvalue weighted by atomic mass is 10.0. The first-order valence-electron chi connectivity index (χ1n) is 6.80. The van der Waals surface area contributed by atoms with E-state index in [9.17, 15) is 9.59 Å². The first-order valence-corrected chi connectivity index (χ1v) is 6.80. The van der Waals surface area contributed by atoms with Crippen LogP contribution in [0, 0.1) is 0 Å². The van der Waals surface area contributed by atoms with Crippen molar-refractivity contribution in [2.24, 2.45) is 11.5 Å². The van der Waals surface area contributed by atoms with Crippen LogP contribution in [-0.2, 0) is 9.59 Å². The molecule has 0 aromatic heterocycles. The van der Waals surface area contributed by atoms with Crippen molar-refractivity contribution in [3.05, 3.63) is 0 Å². The Labute approximate surface area is 137 Å². The lowest BCUT2D eigenvalue weighted by Gasteiger charge is -2.23. The van der Waals surface area contributed by atoms with Crippen LogP contribution >= 0.6 is 0 Å². The van der Waals surface area contributed by atoms with Gasteiger partial charge in [-0.2, -0.15) is 0 Å². The highest BCUT2D eigenvalue weighted by Gasteiger charge is 2.29. The quantitative estimate of drug-likeness (QED) is 0.164. The molecule has 0 spiro atoms. The number of aliphatic hydroxyl groups excluding tert-OH is 8. The van der Waals surface area contributed by atoms with Crippen molar-refractivity contribution < 1.29 is 50.4 Å². The molecule has 0 aromatic rings. The molecule has 12 nitrogen and oxygen atoms in total. The molecule has 0 radical (unpaired) electrons. The van der Waals surface area contributed by atoms with Gasteiger partial charge < -0.3 is 61.9 Å². The fraction of sp³-hybridized carbons (Fsp3) is 0.833. The summed E-state index contributed by atoms with van der Waals surface area (Å²) >= 11 is 0. The highest BCUT2D eigenvalue weighted by atomic mass is 16.4. The molecule has 0 saturated heterocycles. The number of carbonyl (C=O) groups excluding carboxylic acids is 2. The minimum Gasteiger partial charge on any atom is -0.394 e. The number of hydrogen-bond donors (Lipinski definition) is 10. The maximum absolute atomic E-state index is 10.0. The maximum atomic E-state index is 10.0. The van der Waals surface area contributed by atoms with Gasteiger partial charge in [0.05, 0.1) is 25.3 Å². The zero-order valence-corrected chi connectivity index (χ0v) is 12.7. The SMILES string of the molecule is N[C@H](C=O)[C@@H](O)[C@H](O)[C@H](O)CO.N[C@H](C=O)[C@@H](O)[C@H](O)[C@H](O)CO. The van der Waals surface area contributed by atoms with Gasteiger partial charge >= 0.3 is 0 Å². The molecule has 0 aliphatic carbocycles. The minimum absolute atomic E-state index is 0.248. The normalized spacial score (nSPS) is 21.1. The summed E-state index contributed by atoms with van der Waals surface area (Å²) in [5.74, 6) is 0. The zero-order chi connectivity index (χ0) is 19.4. The smallest absolute Gasteiger partial charge is 0.139 e. The molecule has 144 valence electrons. The van der Waals surface area contributed by atoms with Gasteiger partial charge in [0.25, 0.3) is 0 Å². The summed E-state index contributed by atoms with van der Waals surface area (Å²) in [6, 6.07) is -2.53. The van der Waals surface area contributed by atoms with Crippen molar-refractivity contribution >= 4 is 12.6 Å². The average Bonchev–Trinajstić information content (AvgIpc) is 2.62. The molecule has 0 unspecified atom stereocenters. The number of nitrogens with two attached hydrogens (primary N) is 2. The second kappa shape index (κ2) is 13.3. The van der Waals surface area contributed by atoms with Gasteiger partial charge in [-0.25, -0.2) is 0 Å². The fourth-order valence-electron chi connectivity index (χ4n) is 1.29. The number of hydrogen-bond acceptors (Lipinski definition) is 12. The van der Waals surface area contributed by atoms with Crippen molar-refractivity contribution in [2.45, 2.75) is 48.7 Å². The molecule has 0 heterocycles. The van der Waals surface area contributed by atoms with E-state index in [4.69, 9.17) is 52.3 Å². The molecule has 0 bridgehead atoms. The van der Waals surface area contributed by atoms with Crippen molar-refractivity contribution in [3.63, 3.8) is 0 Å². The Morgan fingerprint density at radius 1 is 0.625 bits per heavy atom. The summed E-state index contributed by atoms with van der Waals surface area (Å²) in [6.45, 7) is -1.41. The van der Waals surface area contributed by atoms with Crippen molar-refractivity contribution in [3.8, 4) is 0 Å². The largest absolute Gasteiger partial charge is 0.394 e. The highest BCUT2D eigenvalue weighted by Crippen LogP contribution is 2.02. The van der Waals surface area contributed by atoms with Gasteiger partial charge in [-0.1, -0.05) is 0 Å². The van der Waals surface area contributed by atoms with E-state index in [0.29, 0.717) is 0 Å². The predicted octanol–water partition coefficient (Wildman–Crippen LogP) is -6.82. The lowest BCUT2D eigenvalue weighted by Crippen LogP contribution is -2.49. The fourth-order valence-corrected chi connectivity index (χ4v) is 1.29. The summed E-state index contributed by atoms with van der Waals surface area (Å²) < 4.78 is 0.